The van der Waals surface area contributed by atoms with Crippen molar-refractivity contribution in [1.29, 1.82) is 0 Å². The minimum absolute atomic E-state index is 0.102. The number of hydrogen-bond acceptors (Lipinski definition) is 5. The molecule has 1 amide bonds. The first kappa shape index (κ1) is 17.5. The second-order valence-corrected chi connectivity index (χ2v) is 5.94. The molecule has 0 fully saturated rings. The number of nitrogens with zero attached hydrogens (tertiary/aromatic N) is 2. The minimum Gasteiger partial charge on any atom is -0.492 e. The van der Waals surface area contributed by atoms with Crippen molar-refractivity contribution in [3.8, 4) is 5.75 Å². The molecule has 0 saturated heterocycles. The van der Waals surface area contributed by atoms with Crippen molar-refractivity contribution in [1.82, 2.24) is 5.01 Å². The number of nitrogens with two attached hydrogens (primary N) is 1. The number of ether oxygens (including phenoxy) is 1. The van der Waals surface area contributed by atoms with E-state index < -0.39 is 0 Å². The first-order chi connectivity index (χ1) is 12.7. The summed E-state index contributed by atoms with van der Waals surface area (Å²) in [5.41, 5.74) is 6.97. The molecular weight excluding hydrogens is 328 g/mol. The Hall–Kier alpha value is -3.28. The maximum absolute atomic E-state index is 12.0. The zero-order chi connectivity index (χ0) is 18.2. The Kier molecular flexibility index (Phi) is 5.88. The summed E-state index contributed by atoms with van der Waals surface area (Å²) in [7, 11) is 0. The van der Waals surface area contributed by atoms with Crippen LogP contribution in [0.1, 0.15) is 0 Å². The van der Waals surface area contributed by atoms with Crippen molar-refractivity contribution in [3.05, 3.63) is 66.7 Å². The molecule has 0 spiro atoms. The van der Waals surface area contributed by atoms with Crippen molar-refractivity contribution >= 4 is 23.5 Å². The zero-order valence-electron chi connectivity index (χ0n) is 14.4. The van der Waals surface area contributed by atoms with Crippen LogP contribution in [-0.2, 0) is 4.79 Å². The van der Waals surface area contributed by atoms with Gasteiger partial charge in [0.05, 0.1) is 17.9 Å². The highest BCUT2D eigenvalue weighted by molar-refractivity contribution is 6.01. The lowest BCUT2D eigenvalue weighted by Crippen LogP contribution is -2.23. The predicted molar refractivity (Wildman–Crippen MR) is 104 cm³/mol. The zero-order valence-corrected chi connectivity index (χ0v) is 14.4. The second-order valence-electron chi connectivity index (χ2n) is 5.94. The van der Waals surface area contributed by atoms with Crippen molar-refractivity contribution < 1.29 is 9.53 Å². The Labute approximate surface area is 153 Å². The van der Waals surface area contributed by atoms with E-state index in [1.54, 1.807) is 12.1 Å². The average molecular weight is 350 g/mol. The molecule has 134 valence electrons. The van der Waals surface area contributed by atoms with Gasteiger partial charge in [-0.15, -0.1) is 0 Å². The second kappa shape index (κ2) is 8.71. The van der Waals surface area contributed by atoms with Crippen molar-refractivity contribution in [2.45, 2.75) is 0 Å². The lowest BCUT2D eigenvalue weighted by molar-refractivity contribution is -0.111. The van der Waals surface area contributed by atoms with Gasteiger partial charge in [-0.3, -0.25) is 9.80 Å². The SMILES string of the molecule is Nc1ccccc1NC(=O)/C=C/C1C=NN(CCOc2ccccc2)C1. The molecular formula is C20H22N4O2. The summed E-state index contributed by atoms with van der Waals surface area (Å²) < 4.78 is 5.67. The number of hydrazone groups is 1. The van der Waals surface area contributed by atoms with Gasteiger partial charge in [0.15, 0.2) is 0 Å². The fourth-order valence-electron chi connectivity index (χ4n) is 2.56. The smallest absolute Gasteiger partial charge is 0.248 e. The standard InChI is InChI=1S/C20H22N4O2/c21-18-8-4-5-9-19(18)23-20(25)11-10-16-14-22-24(15-16)12-13-26-17-6-2-1-3-7-17/h1-11,14,16H,12-13,15,21H2,(H,23,25)/b11-10+. The highest BCUT2D eigenvalue weighted by Crippen LogP contribution is 2.17. The van der Waals surface area contributed by atoms with E-state index >= 15 is 0 Å². The molecule has 0 aliphatic carbocycles. The molecule has 2 aromatic carbocycles. The summed E-state index contributed by atoms with van der Waals surface area (Å²) in [6.45, 7) is 1.99. The summed E-state index contributed by atoms with van der Waals surface area (Å²) in [6.07, 6.45) is 5.20. The van der Waals surface area contributed by atoms with Crippen molar-refractivity contribution in [2.75, 3.05) is 30.7 Å². The molecule has 0 saturated carbocycles. The first-order valence-electron chi connectivity index (χ1n) is 8.51. The third-order valence-corrected chi connectivity index (χ3v) is 3.92. The first-order valence-corrected chi connectivity index (χ1v) is 8.51. The number of anilines is 2. The van der Waals surface area contributed by atoms with Crippen LogP contribution in [0.3, 0.4) is 0 Å². The summed E-state index contributed by atoms with van der Waals surface area (Å²) >= 11 is 0. The van der Waals surface area contributed by atoms with Crippen LogP contribution < -0.4 is 15.8 Å². The molecule has 0 bridgehead atoms. The summed E-state index contributed by atoms with van der Waals surface area (Å²) in [6, 6.07) is 16.9. The van der Waals surface area contributed by atoms with Crippen molar-refractivity contribution in [3.63, 3.8) is 0 Å². The Balaban J connectivity index is 1.40. The van der Waals surface area contributed by atoms with E-state index in [0.717, 1.165) is 12.3 Å². The fourth-order valence-corrected chi connectivity index (χ4v) is 2.56. The van der Waals surface area contributed by atoms with E-state index in [1.807, 2.05) is 59.8 Å². The molecule has 1 aliphatic heterocycles. The van der Waals surface area contributed by atoms with Gasteiger partial charge in [-0.1, -0.05) is 36.4 Å². The molecule has 6 nitrogen and oxygen atoms in total. The number of carbonyl (C=O) groups is 1. The van der Waals surface area contributed by atoms with Gasteiger partial charge in [-0.2, -0.15) is 5.10 Å². The van der Waals surface area contributed by atoms with E-state index in [4.69, 9.17) is 10.5 Å². The number of nitrogen functional groups attached to an aromatic ring is 1. The van der Waals surface area contributed by atoms with Crippen molar-refractivity contribution in [2.24, 2.45) is 11.0 Å². The van der Waals surface area contributed by atoms with Gasteiger partial charge < -0.3 is 15.8 Å². The number of para-hydroxylation sites is 3. The molecule has 26 heavy (non-hydrogen) atoms. The maximum Gasteiger partial charge on any atom is 0.248 e. The third kappa shape index (κ3) is 5.11. The number of amides is 1. The molecule has 0 aromatic heterocycles. The van der Waals surface area contributed by atoms with Gasteiger partial charge in [0.2, 0.25) is 5.91 Å². The average Bonchev–Trinajstić information content (AvgIpc) is 3.11. The van der Waals surface area contributed by atoms with Crippen LogP contribution >= 0.6 is 0 Å². The highest BCUT2D eigenvalue weighted by atomic mass is 16.5. The highest BCUT2D eigenvalue weighted by Gasteiger charge is 2.15. The monoisotopic (exact) mass is 350 g/mol. The van der Waals surface area contributed by atoms with E-state index in [1.165, 1.54) is 6.08 Å². The molecule has 6 heteroatoms. The Morgan fingerprint density at radius 3 is 2.81 bits per heavy atom. The Morgan fingerprint density at radius 2 is 2.00 bits per heavy atom. The molecule has 3 rings (SSSR count). The lowest BCUT2D eigenvalue weighted by atomic mass is 10.1. The maximum atomic E-state index is 12.0. The normalized spacial score (nSPS) is 16.2. The van der Waals surface area contributed by atoms with Crippen LogP contribution in [0, 0.1) is 5.92 Å². The molecule has 2 aromatic rings. The quantitative estimate of drug-likeness (QED) is 0.594. The summed E-state index contributed by atoms with van der Waals surface area (Å²) in [4.78, 5) is 12.0. The number of hydrogen-bond donors (Lipinski definition) is 2. The lowest BCUT2D eigenvalue weighted by Gasteiger charge is -2.15. The number of benzene rings is 2. The van der Waals surface area contributed by atoms with Crippen LogP contribution in [-0.4, -0.2) is 36.8 Å². The third-order valence-electron chi connectivity index (χ3n) is 3.92. The number of nitrogens with one attached hydrogen (secondary N) is 1. The van der Waals surface area contributed by atoms with Gasteiger partial charge >= 0.3 is 0 Å². The number of carbonyl (C=O) groups excluding carboxylic acids is 1. The Bertz CT molecular complexity index is 789. The largest absolute Gasteiger partial charge is 0.492 e. The predicted octanol–water partition coefficient (Wildman–Crippen LogP) is 2.76. The van der Waals surface area contributed by atoms with E-state index in [-0.39, 0.29) is 11.8 Å². The number of rotatable bonds is 7. The summed E-state index contributed by atoms with van der Waals surface area (Å²) in [5, 5.41) is 9.05. The molecule has 0 radical (unpaired) electrons. The molecule has 1 unspecified atom stereocenters. The topological polar surface area (TPSA) is 79.9 Å². The molecule has 3 N–H and O–H groups in total. The van der Waals surface area contributed by atoms with Crippen LogP contribution in [0.25, 0.3) is 0 Å². The summed E-state index contributed by atoms with van der Waals surface area (Å²) in [5.74, 6) is 0.747. The fraction of sp³-hybridized carbons (Fsp3) is 0.200. The van der Waals surface area contributed by atoms with Crippen LogP contribution in [0.2, 0.25) is 0 Å². The van der Waals surface area contributed by atoms with Gasteiger partial charge in [0.1, 0.15) is 12.4 Å². The van der Waals surface area contributed by atoms with Crippen LogP contribution in [0.15, 0.2) is 71.9 Å². The molecule has 1 heterocycles. The minimum atomic E-state index is -0.206. The van der Waals surface area contributed by atoms with Gasteiger partial charge in [-0.25, -0.2) is 0 Å². The van der Waals surface area contributed by atoms with Crippen LogP contribution in [0.5, 0.6) is 5.75 Å². The van der Waals surface area contributed by atoms with Gasteiger partial charge in [0, 0.05) is 18.7 Å². The van der Waals surface area contributed by atoms with E-state index in [9.17, 15) is 4.79 Å². The molecule has 1 atom stereocenters. The van der Waals surface area contributed by atoms with E-state index in [0.29, 0.717) is 24.5 Å². The van der Waals surface area contributed by atoms with Gasteiger partial charge in [-0.05, 0) is 30.3 Å². The van der Waals surface area contributed by atoms with Gasteiger partial charge in [0.25, 0.3) is 0 Å². The van der Waals surface area contributed by atoms with E-state index in [2.05, 4.69) is 10.4 Å². The molecule has 1 aliphatic rings. The van der Waals surface area contributed by atoms with Crippen LogP contribution in [0.4, 0.5) is 11.4 Å². The Morgan fingerprint density at radius 1 is 1.23 bits per heavy atom.